The van der Waals surface area contributed by atoms with Gasteiger partial charge in [-0.25, -0.2) is 4.39 Å². The van der Waals surface area contributed by atoms with Crippen LogP contribution in [0.1, 0.15) is 90.7 Å². The predicted octanol–water partition coefficient (Wildman–Crippen LogP) is 8.85. The summed E-state index contributed by atoms with van der Waals surface area (Å²) in [6.45, 7) is 16.7. The fraction of sp³-hybridized carbons (Fsp3) is 0.500. The molecule has 0 N–H and O–H groups in total. The van der Waals surface area contributed by atoms with Crippen LogP contribution in [-0.2, 0) is 16.0 Å². The fourth-order valence-corrected chi connectivity index (χ4v) is 5.64. The summed E-state index contributed by atoms with van der Waals surface area (Å²) in [5, 5.41) is 0. The monoisotopic (exact) mass is 519 g/mol. The summed E-state index contributed by atoms with van der Waals surface area (Å²) >= 11 is 0. The second-order valence-electron chi connectivity index (χ2n) is 10.9. The molecule has 0 aromatic heterocycles. The number of allylic oxidation sites excluding steroid dienone is 6. The van der Waals surface area contributed by atoms with Gasteiger partial charge in [-0.2, -0.15) is 0 Å². The highest BCUT2D eigenvalue weighted by Gasteiger charge is 2.32. The third-order valence-electron chi connectivity index (χ3n) is 7.68. The molecular weight excluding hydrogens is 473 g/mol. The summed E-state index contributed by atoms with van der Waals surface area (Å²) < 4.78 is 15.0. The molecule has 1 unspecified atom stereocenters. The van der Waals surface area contributed by atoms with Crippen LogP contribution in [0.3, 0.4) is 0 Å². The zero-order chi connectivity index (χ0) is 28.3. The van der Waals surface area contributed by atoms with E-state index in [-0.39, 0.29) is 17.5 Å². The van der Waals surface area contributed by atoms with Gasteiger partial charge in [0.2, 0.25) is 0 Å². The molecule has 1 aliphatic rings. The van der Waals surface area contributed by atoms with Crippen molar-refractivity contribution in [2.45, 2.75) is 91.7 Å². The Labute approximate surface area is 229 Å². The van der Waals surface area contributed by atoms with Crippen molar-refractivity contribution in [3.8, 4) is 0 Å². The van der Waals surface area contributed by atoms with E-state index in [0.717, 1.165) is 55.2 Å². The van der Waals surface area contributed by atoms with Gasteiger partial charge in [-0.1, -0.05) is 75.9 Å². The lowest BCUT2D eigenvalue weighted by molar-refractivity contribution is -0.122. The van der Waals surface area contributed by atoms with E-state index in [0.29, 0.717) is 35.9 Å². The number of benzene rings is 1. The number of carbonyl (C=O) groups excluding carboxylic acids is 2. The molecule has 1 aliphatic carbocycles. The van der Waals surface area contributed by atoms with Gasteiger partial charge in [0.05, 0.1) is 5.70 Å². The van der Waals surface area contributed by atoms with Gasteiger partial charge in [-0.05, 0) is 87.0 Å². The number of hydrogen-bond donors (Lipinski definition) is 0. The Balaban J connectivity index is 2.03. The number of nitrogens with zero attached hydrogens (tertiary/aromatic N) is 1. The number of alkyl halides is 1. The van der Waals surface area contributed by atoms with Crippen LogP contribution < -0.4 is 0 Å². The molecule has 3 nitrogen and oxygen atoms in total. The highest BCUT2D eigenvalue weighted by molar-refractivity contribution is 5.97. The first-order valence-corrected chi connectivity index (χ1v) is 14.1. The number of aliphatic imine (C=N–C) groups is 1. The third-order valence-corrected chi connectivity index (χ3v) is 7.68. The summed E-state index contributed by atoms with van der Waals surface area (Å²) in [5.74, 6) is 1.08. The van der Waals surface area contributed by atoms with Crippen LogP contribution in [-0.4, -0.2) is 23.4 Å². The normalized spacial score (nSPS) is 19.8. The van der Waals surface area contributed by atoms with Crippen molar-refractivity contribution < 1.29 is 14.0 Å². The minimum absolute atomic E-state index is 0.00107. The molecule has 0 radical (unpaired) electrons. The van der Waals surface area contributed by atoms with Crippen molar-refractivity contribution in [1.82, 2.24) is 0 Å². The zero-order valence-electron chi connectivity index (χ0n) is 24.1. The van der Waals surface area contributed by atoms with Gasteiger partial charge in [0.15, 0.2) is 5.78 Å². The van der Waals surface area contributed by atoms with Gasteiger partial charge in [0.1, 0.15) is 11.5 Å². The number of rotatable bonds is 14. The first-order chi connectivity index (χ1) is 18.0. The first kappa shape index (κ1) is 31.3. The minimum atomic E-state index is -1.52. The molecule has 0 amide bonds. The van der Waals surface area contributed by atoms with Crippen molar-refractivity contribution in [1.29, 1.82) is 0 Å². The molecule has 0 saturated heterocycles. The number of carbonyl (C=O) groups is 2. The van der Waals surface area contributed by atoms with E-state index in [4.69, 9.17) is 0 Å². The maximum Gasteiger partial charge on any atom is 0.183 e. The van der Waals surface area contributed by atoms with Gasteiger partial charge >= 0.3 is 0 Å². The second kappa shape index (κ2) is 14.9. The van der Waals surface area contributed by atoms with Crippen molar-refractivity contribution in [3.63, 3.8) is 0 Å². The molecular formula is C34H46FNO2. The molecule has 206 valence electrons. The maximum absolute atomic E-state index is 15.0. The van der Waals surface area contributed by atoms with E-state index < -0.39 is 5.67 Å². The Bertz CT molecular complexity index is 1080. The summed E-state index contributed by atoms with van der Waals surface area (Å²) in [5.41, 5.74) is 2.07. The minimum Gasteiger partial charge on any atom is -0.299 e. The Morgan fingerprint density at radius 1 is 1.18 bits per heavy atom. The lowest BCUT2D eigenvalue weighted by atomic mass is 9.72. The lowest BCUT2D eigenvalue weighted by Gasteiger charge is -2.32. The van der Waals surface area contributed by atoms with Crippen LogP contribution in [0.5, 0.6) is 0 Å². The molecule has 38 heavy (non-hydrogen) atoms. The molecule has 2 rings (SSSR count). The largest absolute Gasteiger partial charge is 0.299 e. The summed E-state index contributed by atoms with van der Waals surface area (Å²) in [7, 11) is 0. The average molecular weight is 520 g/mol. The van der Waals surface area contributed by atoms with Crippen molar-refractivity contribution in [2.75, 3.05) is 0 Å². The van der Waals surface area contributed by atoms with E-state index in [1.54, 1.807) is 32.2 Å². The SMILES string of the molecule is C=CC=C(C(=CC)c1cccc(CC(=O)CC(CC)C2CCC(C(=O)C(=C)N=CCC)CC2)c1)C(C)(C)F. The molecule has 4 heteroatoms. The smallest absolute Gasteiger partial charge is 0.183 e. The summed E-state index contributed by atoms with van der Waals surface area (Å²) in [6.07, 6.45) is 13.2. The van der Waals surface area contributed by atoms with Gasteiger partial charge < -0.3 is 0 Å². The van der Waals surface area contributed by atoms with Crippen molar-refractivity contribution >= 4 is 23.4 Å². The summed E-state index contributed by atoms with van der Waals surface area (Å²) in [4.78, 5) is 30.0. The van der Waals surface area contributed by atoms with E-state index in [2.05, 4.69) is 25.1 Å². The highest BCUT2D eigenvalue weighted by Crippen LogP contribution is 2.38. The van der Waals surface area contributed by atoms with Gasteiger partial charge in [-0.15, -0.1) is 0 Å². The van der Waals surface area contributed by atoms with E-state index in [1.807, 2.05) is 44.2 Å². The third kappa shape index (κ3) is 8.85. The van der Waals surface area contributed by atoms with Gasteiger partial charge in [0, 0.05) is 25.0 Å². The van der Waals surface area contributed by atoms with Crippen LogP contribution in [0.2, 0.25) is 0 Å². The van der Waals surface area contributed by atoms with Crippen LogP contribution in [0, 0.1) is 17.8 Å². The number of Topliss-reactive ketones (excluding diaryl/α,β-unsaturated/α-hetero) is 2. The Morgan fingerprint density at radius 3 is 2.42 bits per heavy atom. The lowest BCUT2D eigenvalue weighted by Crippen LogP contribution is -2.27. The highest BCUT2D eigenvalue weighted by atomic mass is 19.1. The fourth-order valence-electron chi connectivity index (χ4n) is 5.64. The van der Waals surface area contributed by atoms with Crippen LogP contribution in [0.25, 0.3) is 5.57 Å². The Morgan fingerprint density at radius 2 is 1.87 bits per heavy atom. The Hall–Kier alpha value is -2.88. The molecule has 1 fully saturated rings. The maximum atomic E-state index is 15.0. The molecule has 0 aliphatic heterocycles. The van der Waals surface area contributed by atoms with E-state index in [9.17, 15) is 14.0 Å². The van der Waals surface area contributed by atoms with Crippen LogP contribution in [0.15, 0.2) is 71.9 Å². The van der Waals surface area contributed by atoms with E-state index in [1.165, 1.54) is 0 Å². The van der Waals surface area contributed by atoms with Crippen LogP contribution in [0.4, 0.5) is 4.39 Å². The van der Waals surface area contributed by atoms with Gasteiger partial charge in [-0.3, -0.25) is 14.6 Å². The predicted molar refractivity (Wildman–Crippen MR) is 159 cm³/mol. The molecule has 1 aromatic carbocycles. The first-order valence-electron chi connectivity index (χ1n) is 14.1. The molecule has 0 spiro atoms. The van der Waals surface area contributed by atoms with Gasteiger partial charge in [0.25, 0.3) is 0 Å². The molecule has 0 heterocycles. The standard InChI is InChI=1S/C34H46FNO2/c1-8-13-32(34(6,7)35)31(11-4)29-15-12-14-25(21-29)22-30(37)23-26(10-3)27-16-18-28(19-17-27)33(38)24(5)36-20-9-2/h8,11-15,20-21,26-28H,1,5,9-10,16-19,22-23H2,2-4,6-7H3. The van der Waals surface area contributed by atoms with E-state index >= 15 is 0 Å². The van der Waals surface area contributed by atoms with Crippen molar-refractivity contribution in [3.05, 3.63) is 78.0 Å². The molecule has 1 aromatic rings. The summed E-state index contributed by atoms with van der Waals surface area (Å²) in [6, 6.07) is 7.87. The molecule has 1 saturated carbocycles. The van der Waals surface area contributed by atoms with Crippen LogP contribution >= 0.6 is 0 Å². The average Bonchev–Trinajstić information content (AvgIpc) is 2.89. The van der Waals surface area contributed by atoms with Crippen molar-refractivity contribution in [2.24, 2.45) is 22.7 Å². The molecule has 1 atom stereocenters. The zero-order valence-corrected chi connectivity index (χ0v) is 24.1. The molecule has 0 bridgehead atoms. The number of ketones is 2. The second-order valence-corrected chi connectivity index (χ2v) is 10.9. The number of halogens is 1. The topological polar surface area (TPSA) is 46.5 Å². The Kier molecular flexibility index (Phi) is 12.3. The quantitative estimate of drug-likeness (QED) is 0.140. The number of hydrogen-bond acceptors (Lipinski definition) is 3.